The van der Waals surface area contributed by atoms with Crippen LogP contribution in [0.25, 0.3) is 0 Å². The molecule has 2 heterocycles. The lowest BCUT2D eigenvalue weighted by Crippen LogP contribution is -2.49. The molecule has 0 saturated heterocycles. The van der Waals surface area contributed by atoms with Crippen LogP contribution in [0.3, 0.4) is 0 Å². The summed E-state index contributed by atoms with van der Waals surface area (Å²) in [5.41, 5.74) is 4.24. The van der Waals surface area contributed by atoms with Crippen molar-refractivity contribution in [3.05, 3.63) is 52.6 Å². The lowest BCUT2D eigenvalue weighted by molar-refractivity contribution is -0.147. The van der Waals surface area contributed by atoms with Crippen molar-refractivity contribution in [2.45, 2.75) is 11.8 Å². The number of fused-ring (bicyclic) bond motifs is 2. The third-order valence-electron chi connectivity index (χ3n) is 5.15. The fraction of sp³-hybridized carbons (Fsp3) is 0.300. The predicted octanol–water partition coefficient (Wildman–Crippen LogP) is 0.265. The van der Waals surface area contributed by atoms with Crippen molar-refractivity contribution in [3.63, 3.8) is 0 Å². The molecule has 1 unspecified atom stereocenters. The van der Waals surface area contributed by atoms with Gasteiger partial charge in [0, 0.05) is 18.3 Å². The number of carbonyl (C=O) groups is 4. The molecular weight excluding hydrogens is 396 g/mol. The van der Waals surface area contributed by atoms with Gasteiger partial charge in [-0.25, -0.2) is 14.4 Å². The molecule has 1 spiro atoms. The van der Waals surface area contributed by atoms with E-state index in [0.29, 0.717) is 5.69 Å². The van der Waals surface area contributed by atoms with Gasteiger partial charge in [0.2, 0.25) is 0 Å². The summed E-state index contributed by atoms with van der Waals surface area (Å²) in [5, 5.41) is 0. The van der Waals surface area contributed by atoms with Gasteiger partial charge in [0.15, 0.2) is 5.41 Å². The third-order valence-corrected chi connectivity index (χ3v) is 5.15. The second kappa shape index (κ2) is 7.54. The van der Waals surface area contributed by atoms with Crippen molar-refractivity contribution >= 4 is 29.6 Å². The molecular formula is C20H20N2O8. The monoisotopic (exact) mass is 416 g/mol. The fourth-order valence-electron chi connectivity index (χ4n) is 3.79. The van der Waals surface area contributed by atoms with Gasteiger partial charge in [0.1, 0.15) is 29.1 Å². The van der Waals surface area contributed by atoms with E-state index in [9.17, 15) is 19.2 Å². The highest BCUT2D eigenvalue weighted by Crippen LogP contribution is 2.54. The molecule has 0 bridgehead atoms. The molecule has 0 aliphatic carbocycles. The number of rotatable bonds is 4. The van der Waals surface area contributed by atoms with Crippen molar-refractivity contribution in [3.8, 4) is 0 Å². The standard InChI is InChI=1S/C20H20N2O8/c1-22-11-8-6-5-7-10(11)20(15(16(22)21)18(25)29-4)14(17(24)28-3)12(30-19(20)26)9-13(23)27-2/h5-8H,9,21H2,1-4H3. The van der Waals surface area contributed by atoms with E-state index in [1.807, 2.05) is 0 Å². The molecule has 1 aromatic rings. The summed E-state index contributed by atoms with van der Waals surface area (Å²) in [5.74, 6) is -4.04. The second-order valence-corrected chi connectivity index (χ2v) is 6.51. The van der Waals surface area contributed by atoms with Gasteiger partial charge in [0.05, 0.1) is 21.3 Å². The van der Waals surface area contributed by atoms with Crippen molar-refractivity contribution in [1.29, 1.82) is 0 Å². The maximum absolute atomic E-state index is 13.4. The van der Waals surface area contributed by atoms with Gasteiger partial charge in [0.25, 0.3) is 0 Å². The Balaban J connectivity index is 2.47. The summed E-state index contributed by atoms with van der Waals surface area (Å²) in [6.07, 6.45) is -0.527. The van der Waals surface area contributed by atoms with Crippen molar-refractivity contribution < 1.29 is 38.1 Å². The van der Waals surface area contributed by atoms with Crippen LogP contribution in [0.15, 0.2) is 47.0 Å². The summed E-state index contributed by atoms with van der Waals surface area (Å²) in [6.45, 7) is 0. The lowest BCUT2D eigenvalue weighted by Gasteiger charge is -2.39. The molecule has 2 N–H and O–H groups in total. The second-order valence-electron chi connectivity index (χ2n) is 6.51. The summed E-state index contributed by atoms with van der Waals surface area (Å²) < 4.78 is 19.8. The zero-order chi connectivity index (χ0) is 22.2. The van der Waals surface area contributed by atoms with Crippen LogP contribution in [-0.2, 0) is 43.5 Å². The number of para-hydroxylation sites is 1. The minimum Gasteiger partial charge on any atom is -0.469 e. The molecule has 0 amide bonds. The molecule has 10 nitrogen and oxygen atoms in total. The zero-order valence-corrected chi connectivity index (χ0v) is 16.8. The van der Waals surface area contributed by atoms with Crippen LogP contribution in [0, 0.1) is 0 Å². The molecule has 0 fully saturated rings. The van der Waals surface area contributed by atoms with Crippen molar-refractivity contribution in [1.82, 2.24) is 0 Å². The fourth-order valence-corrected chi connectivity index (χ4v) is 3.79. The number of benzene rings is 1. The Kier molecular flexibility index (Phi) is 5.26. The Hall–Kier alpha value is -3.82. The number of ether oxygens (including phenoxy) is 4. The number of carbonyl (C=O) groups excluding carboxylic acids is 4. The van der Waals surface area contributed by atoms with Crippen LogP contribution in [0.1, 0.15) is 12.0 Å². The average Bonchev–Trinajstić information content (AvgIpc) is 3.03. The number of methoxy groups -OCH3 is 3. The van der Waals surface area contributed by atoms with E-state index >= 15 is 0 Å². The van der Waals surface area contributed by atoms with Crippen LogP contribution in [0.5, 0.6) is 0 Å². The zero-order valence-electron chi connectivity index (χ0n) is 16.8. The molecule has 1 atom stereocenters. The summed E-state index contributed by atoms with van der Waals surface area (Å²) in [7, 11) is 4.97. The Bertz CT molecular complexity index is 1030. The number of hydrogen-bond acceptors (Lipinski definition) is 10. The Labute approximate surface area is 171 Å². The molecule has 3 rings (SSSR count). The molecule has 0 saturated carbocycles. The van der Waals surface area contributed by atoms with Crippen LogP contribution in [0.2, 0.25) is 0 Å². The molecule has 2 aliphatic rings. The van der Waals surface area contributed by atoms with E-state index in [1.165, 1.54) is 4.90 Å². The largest absolute Gasteiger partial charge is 0.469 e. The highest BCUT2D eigenvalue weighted by atomic mass is 16.6. The molecule has 2 aliphatic heterocycles. The molecule has 10 heteroatoms. The highest BCUT2D eigenvalue weighted by molar-refractivity contribution is 6.16. The van der Waals surface area contributed by atoms with Crippen molar-refractivity contribution in [2.75, 3.05) is 33.3 Å². The van der Waals surface area contributed by atoms with Gasteiger partial charge < -0.3 is 29.6 Å². The molecule has 0 aromatic heterocycles. The minimum atomic E-state index is -2.07. The van der Waals surface area contributed by atoms with Gasteiger partial charge in [-0.2, -0.15) is 0 Å². The molecule has 30 heavy (non-hydrogen) atoms. The van der Waals surface area contributed by atoms with E-state index in [1.54, 1.807) is 31.3 Å². The van der Waals surface area contributed by atoms with E-state index in [0.717, 1.165) is 21.3 Å². The van der Waals surface area contributed by atoms with Crippen LogP contribution in [-0.4, -0.2) is 52.3 Å². The Morgan fingerprint density at radius 2 is 1.63 bits per heavy atom. The van der Waals surface area contributed by atoms with Gasteiger partial charge in [-0.3, -0.25) is 4.79 Å². The summed E-state index contributed by atoms with van der Waals surface area (Å²) in [4.78, 5) is 52.5. The predicted molar refractivity (Wildman–Crippen MR) is 102 cm³/mol. The van der Waals surface area contributed by atoms with Crippen molar-refractivity contribution in [2.24, 2.45) is 5.73 Å². The number of anilines is 1. The van der Waals surface area contributed by atoms with E-state index in [2.05, 4.69) is 4.74 Å². The maximum Gasteiger partial charge on any atom is 0.339 e. The van der Waals surface area contributed by atoms with Gasteiger partial charge in [-0.1, -0.05) is 18.2 Å². The van der Waals surface area contributed by atoms with Gasteiger partial charge in [-0.05, 0) is 6.07 Å². The molecule has 158 valence electrons. The van der Waals surface area contributed by atoms with E-state index in [4.69, 9.17) is 19.9 Å². The smallest absolute Gasteiger partial charge is 0.339 e. The SMILES string of the molecule is COC(=O)CC1=C(C(=O)OC)C2(C(=O)O1)C(C(=O)OC)=C(N)N(C)c1ccccc12. The van der Waals surface area contributed by atoms with Gasteiger partial charge >= 0.3 is 23.9 Å². The first-order valence-electron chi connectivity index (χ1n) is 8.78. The lowest BCUT2D eigenvalue weighted by atomic mass is 9.66. The highest BCUT2D eigenvalue weighted by Gasteiger charge is 2.64. The Morgan fingerprint density at radius 1 is 1.03 bits per heavy atom. The van der Waals surface area contributed by atoms with Crippen LogP contribution >= 0.6 is 0 Å². The normalized spacial score (nSPS) is 20.1. The number of esters is 4. The third kappa shape index (κ3) is 2.71. The minimum absolute atomic E-state index is 0.113. The average molecular weight is 416 g/mol. The number of hydrogen-bond donors (Lipinski definition) is 1. The molecule has 1 aromatic carbocycles. The number of nitrogens with zero attached hydrogens (tertiary/aromatic N) is 1. The first-order valence-corrected chi connectivity index (χ1v) is 8.78. The topological polar surface area (TPSA) is 134 Å². The number of cyclic esters (lactones) is 1. The number of nitrogens with two attached hydrogens (primary N) is 1. The van der Waals surface area contributed by atoms with Crippen LogP contribution < -0.4 is 10.6 Å². The van der Waals surface area contributed by atoms with Crippen LogP contribution in [0.4, 0.5) is 5.69 Å². The summed E-state index contributed by atoms with van der Waals surface area (Å²) in [6, 6.07) is 6.56. The first kappa shape index (κ1) is 20.9. The van der Waals surface area contributed by atoms with E-state index in [-0.39, 0.29) is 28.3 Å². The quantitative estimate of drug-likeness (QED) is 0.538. The maximum atomic E-state index is 13.4. The Morgan fingerprint density at radius 3 is 2.23 bits per heavy atom. The molecule has 0 radical (unpaired) electrons. The van der Waals surface area contributed by atoms with E-state index < -0.39 is 35.7 Å². The first-order chi connectivity index (χ1) is 14.2. The summed E-state index contributed by atoms with van der Waals surface area (Å²) >= 11 is 0. The van der Waals surface area contributed by atoms with Gasteiger partial charge in [-0.15, -0.1) is 0 Å².